The summed E-state index contributed by atoms with van der Waals surface area (Å²) in [4.78, 5) is 2.43. The molecule has 1 aromatic carbocycles. The van der Waals surface area contributed by atoms with E-state index in [4.69, 9.17) is 4.74 Å². The van der Waals surface area contributed by atoms with Crippen LogP contribution in [0.5, 0.6) is 5.75 Å². The van der Waals surface area contributed by atoms with Crippen molar-refractivity contribution in [2.45, 2.75) is 71.6 Å². The van der Waals surface area contributed by atoms with Crippen molar-refractivity contribution < 1.29 is 9.84 Å². The average Bonchev–Trinajstić information content (AvgIpc) is 2.63. The molecule has 0 bridgehead atoms. The molecule has 1 atom stereocenters. The highest BCUT2D eigenvalue weighted by Crippen LogP contribution is 2.40. The van der Waals surface area contributed by atoms with Gasteiger partial charge in [0.05, 0.1) is 0 Å². The maximum atomic E-state index is 10.4. The summed E-state index contributed by atoms with van der Waals surface area (Å²) in [6, 6.07) is 6.06. The predicted octanol–water partition coefficient (Wildman–Crippen LogP) is 4.12. The zero-order valence-electron chi connectivity index (χ0n) is 15.3. The number of aliphatic hydroxyl groups is 1. The van der Waals surface area contributed by atoms with Crippen LogP contribution in [0.15, 0.2) is 18.2 Å². The molecule has 1 aliphatic heterocycles. The van der Waals surface area contributed by atoms with Gasteiger partial charge in [-0.15, -0.1) is 12.4 Å². The first kappa shape index (κ1) is 20.3. The molecule has 0 amide bonds. The first-order chi connectivity index (χ1) is 10.1. The monoisotopic (exact) mass is 341 g/mol. The number of likely N-dealkylation sites (tertiary alicyclic amines) is 1. The Morgan fingerprint density at radius 3 is 2.17 bits per heavy atom. The van der Waals surface area contributed by atoms with E-state index in [1.165, 1.54) is 24.0 Å². The quantitative estimate of drug-likeness (QED) is 0.874. The number of nitrogens with zero attached hydrogens (tertiary/aromatic N) is 1. The predicted molar refractivity (Wildman–Crippen MR) is 98.8 cm³/mol. The molecule has 0 spiro atoms. The van der Waals surface area contributed by atoms with Gasteiger partial charge in [-0.2, -0.15) is 0 Å². The van der Waals surface area contributed by atoms with Gasteiger partial charge in [-0.3, -0.25) is 4.90 Å². The number of halogens is 1. The second-order valence-corrected chi connectivity index (χ2v) is 7.95. The largest absolute Gasteiger partial charge is 0.491 e. The van der Waals surface area contributed by atoms with E-state index in [1.807, 2.05) is 12.1 Å². The molecule has 0 aliphatic carbocycles. The Hall–Kier alpha value is -0.770. The number of hydrogen-bond donors (Lipinski definition) is 1. The molecule has 23 heavy (non-hydrogen) atoms. The second kappa shape index (κ2) is 7.42. The maximum absolute atomic E-state index is 10.4. The molecule has 1 saturated heterocycles. The third-order valence-corrected chi connectivity index (χ3v) is 5.12. The van der Waals surface area contributed by atoms with E-state index in [0.29, 0.717) is 13.2 Å². The fourth-order valence-corrected chi connectivity index (χ4v) is 3.45. The van der Waals surface area contributed by atoms with Crippen molar-refractivity contribution in [2.24, 2.45) is 0 Å². The molecule has 2 rings (SSSR count). The van der Waals surface area contributed by atoms with E-state index in [1.54, 1.807) is 0 Å². The number of aliphatic hydroxyl groups excluding tert-OH is 1. The van der Waals surface area contributed by atoms with Crippen LogP contribution in [-0.4, -0.2) is 40.3 Å². The molecule has 1 fully saturated rings. The lowest BCUT2D eigenvalue weighted by Gasteiger charge is -2.41. The molecule has 0 saturated carbocycles. The number of ether oxygens (including phenoxy) is 1. The van der Waals surface area contributed by atoms with Gasteiger partial charge in [-0.25, -0.2) is 0 Å². The number of aryl methyl sites for hydroxylation is 2. The van der Waals surface area contributed by atoms with Crippen LogP contribution in [-0.2, 0) is 0 Å². The minimum Gasteiger partial charge on any atom is -0.491 e. The number of β-amino-alcohol motifs (C(OH)–C–C–N with tert-alkyl or cyclic N) is 1. The zero-order valence-corrected chi connectivity index (χ0v) is 16.2. The third-order valence-electron chi connectivity index (χ3n) is 5.12. The van der Waals surface area contributed by atoms with Crippen molar-refractivity contribution in [1.82, 2.24) is 4.90 Å². The first-order valence-electron chi connectivity index (χ1n) is 8.28. The van der Waals surface area contributed by atoms with E-state index in [-0.39, 0.29) is 23.5 Å². The van der Waals surface area contributed by atoms with Crippen molar-refractivity contribution in [3.63, 3.8) is 0 Å². The summed E-state index contributed by atoms with van der Waals surface area (Å²) in [6.07, 6.45) is 1.87. The van der Waals surface area contributed by atoms with E-state index in [9.17, 15) is 5.11 Å². The lowest BCUT2D eigenvalue weighted by molar-refractivity contribution is 0.00530. The molecule has 4 heteroatoms. The number of hydrogen-bond acceptors (Lipinski definition) is 3. The molecule has 1 unspecified atom stereocenters. The summed E-state index contributed by atoms with van der Waals surface area (Å²) in [6.45, 7) is 14.2. The van der Waals surface area contributed by atoms with E-state index < -0.39 is 6.10 Å². The minimum atomic E-state index is -0.474. The van der Waals surface area contributed by atoms with Gasteiger partial charge in [0, 0.05) is 17.6 Å². The zero-order chi connectivity index (χ0) is 16.5. The van der Waals surface area contributed by atoms with E-state index >= 15 is 0 Å². The van der Waals surface area contributed by atoms with E-state index in [0.717, 1.165) is 5.75 Å². The lowest BCUT2D eigenvalue weighted by atomic mass is 10.0. The smallest absolute Gasteiger partial charge is 0.119 e. The highest BCUT2D eigenvalue weighted by molar-refractivity contribution is 5.85. The van der Waals surface area contributed by atoms with Crippen molar-refractivity contribution >= 4 is 12.4 Å². The molecular weight excluding hydrogens is 310 g/mol. The second-order valence-electron chi connectivity index (χ2n) is 7.95. The van der Waals surface area contributed by atoms with Crippen molar-refractivity contribution in [3.8, 4) is 5.75 Å². The van der Waals surface area contributed by atoms with Crippen LogP contribution < -0.4 is 4.74 Å². The van der Waals surface area contributed by atoms with Gasteiger partial charge in [0.25, 0.3) is 0 Å². The Morgan fingerprint density at radius 1 is 1.09 bits per heavy atom. The average molecular weight is 342 g/mol. The molecule has 1 aliphatic rings. The van der Waals surface area contributed by atoms with Gasteiger partial charge >= 0.3 is 0 Å². The van der Waals surface area contributed by atoms with Crippen LogP contribution in [0.25, 0.3) is 0 Å². The van der Waals surface area contributed by atoms with Crippen LogP contribution in [0.3, 0.4) is 0 Å². The SMILES string of the molecule is Cc1ccc(OCC(O)CN2C(C)(C)CCC2(C)C)cc1C.Cl. The lowest BCUT2D eigenvalue weighted by Crippen LogP contribution is -2.52. The van der Waals surface area contributed by atoms with Gasteiger partial charge in [-0.05, 0) is 77.6 Å². The number of benzene rings is 1. The topological polar surface area (TPSA) is 32.7 Å². The number of rotatable bonds is 5. The molecule has 1 N–H and O–H groups in total. The van der Waals surface area contributed by atoms with Crippen LogP contribution in [0.1, 0.15) is 51.7 Å². The minimum absolute atomic E-state index is 0. The van der Waals surface area contributed by atoms with Crippen molar-refractivity contribution in [3.05, 3.63) is 29.3 Å². The summed E-state index contributed by atoms with van der Waals surface area (Å²) in [5.74, 6) is 0.835. The van der Waals surface area contributed by atoms with Gasteiger partial charge in [-0.1, -0.05) is 6.07 Å². The van der Waals surface area contributed by atoms with Crippen LogP contribution in [0, 0.1) is 13.8 Å². The van der Waals surface area contributed by atoms with Crippen molar-refractivity contribution in [1.29, 1.82) is 0 Å². The molecule has 0 aromatic heterocycles. The fourth-order valence-electron chi connectivity index (χ4n) is 3.45. The molecule has 3 nitrogen and oxygen atoms in total. The normalized spacial score (nSPS) is 20.8. The maximum Gasteiger partial charge on any atom is 0.119 e. The first-order valence-corrected chi connectivity index (χ1v) is 8.28. The Labute approximate surface area is 147 Å². The standard InChI is InChI=1S/C19H31NO2.ClH/c1-14-7-8-17(11-15(14)2)22-13-16(21)12-20-18(3,4)9-10-19(20,5)6;/h7-8,11,16,21H,9-10,12-13H2,1-6H3;1H. The summed E-state index contributed by atoms with van der Waals surface area (Å²) in [5, 5.41) is 10.4. The Morgan fingerprint density at radius 2 is 1.65 bits per heavy atom. The van der Waals surface area contributed by atoms with Crippen LogP contribution in [0.2, 0.25) is 0 Å². The summed E-state index contributed by atoms with van der Waals surface area (Å²) >= 11 is 0. The van der Waals surface area contributed by atoms with Gasteiger partial charge in [0.2, 0.25) is 0 Å². The Bertz CT molecular complexity index is 512. The fraction of sp³-hybridized carbons (Fsp3) is 0.684. The molecular formula is C19H32ClNO2. The van der Waals surface area contributed by atoms with E-state index in [2.05, 4.69) is 52.5 Å². The summed E-state index contributed by atoms with van der Waals surface area (Å²) < 4.78 is 5.77. The molecule has 1 aromatic rings. The Kier molecular flexibility index (Phi) is 6.54. The summed E-state index contributed by atoms with van der Waals surface area (Å²) in [5.41, 5.74) is 2.76. The van der Waals surface area contributed by atoms with Crippen LogP contribution in [0.4, 0.5) is 0 Å². The van der Waals surface area contributed by atoms with Gasteiger partial charge in [0.1, 0.15) is 18.5 Å². The van der Waals surface area contributed by atoms with Gasteiger partial charge < -0.3 is 9.84 Å². The molecule has 132 valence electrons. The van der Waals surface area contributed by atoms with Crippen molar-refractivity contribution in [2.75, 3.05) is 13.2 Å². The Balaban J connectivity index is 0.00000264. The van der Waals surface area contributed by atoms with Gasteiger partial charge in [0.15, 0.2) is 0 Å². The highest BCUT2D eigenvalue weighted by Gasteiger charge is 2.44. The third kappa shape index (κ3) is 4.85. The molecule has 0 radical (unpaired) electrons. The summed E-state index contributed by atoms with van der Waals surface area (Å²) in [7, 11) is 0. The highest BCUT2D eigenvalue weighted by atomic mass is 35.5. The molecule has 1 heterocycles. The van der Waals surface area contributed by atoms with Crippen LogP contribution >= 0.6 is 12.4 Å².